The molecule has 2 aromatic carbocycles. The van der Waals surface area contributed by atoms with Crippen LogP contribution in [0.15, 0.2) is 73.1 Å². The normalized spacial score (nSPS) is 17.8. The number of halogens is 1. The molecule has 6 rings (SSSR count). The first kappa shape index (κ1) is 21.8. The number of aromatic nitrogens is 5. The molecule has 1 fully saturated rings. The Morgan fingerprint density at radius 1 is 1.06 bits per heavy atom. The number of aliphatic hydroxyl groups excluding tert-OH is 1. The number of pyridine rings is 1. The lowest BCUT2D eigenvalue weighted by Crippen LogP contribution is -2.17. The minimum atomic E-state index is -0.194. The molecule has 1 saturated heterocycles. The fourth-order valence-electron chi connectivity index (χ4n) is 4.24. The summed E-state index contributed by atoms with van der Waals surface area (Å²) in [7, 11) is 0. The lowest BCUT2D eigenvalue weighted by atomic mass is 10.0. The maximum atomic E-state index is 9.23. The van der Waals surface area contributed by atoms with Crippen LogP contribution in [0.4, 0.5) is 0 Å². The van der Waals surface area contributed by atoms with E-state index >= 15 is 0 Å². The number of imidazole rings is 1. The van der Waals surface area contributed by atoms with E-state index in [1.165, 1.54) is 0 Å². The standard InChI is InChI=1S/C26H22ClN5O3/c27-22-13-23-25(31-26(29-23)35-21-12-20(14-33)34-15-21)30-24(22)18-4-2-16(3-5-18)17-6-8-19(9-7-17)32-11-1-10-28-32/h1-11,13,20-21,33H,12,14-15H2,(H,29,30,31)/t20?,21-/m0/s1. The topological polar surface area (TPSA) is 98.1 Å². The summed E-state index contributed by atoms with van der Waals surface area (Å²) in [6.45, 7) is 0.399. The molecular weight excluding hydrogens is 466 g/mol. The molecule has 0 radical (unpaired) electrons. The minimum Gasteiger partial charge on any atom is -0.459 e. The number of rotatable bonds is 6. The van der Waals surface area contributed by atoms with E-state index in [1.54, 1.807) is 6.20 Å². The lowest BCUT2D eigenvalue weighted by Gasteiger charge is -2.07. The van der Waals surface area contributed by atoms with Gasteiger partial charge in [-0.25, -0.2) is 9.67 Å². The second kappa shape index (κ2) is 9.14. The van der Waals surface area contributed by atoms with Crippen LogP contribution < -0.4 is 4.74 Å². The first-order chi connectivity index (χ1) is 17.2. The molecule has 5 aromatic rings. The lowest BCUT2D eigenvalue weighted by molar-refractivity contribution is 0.0528. The molecule has 2 atom stereocenters. The fraction of sp³-hybridized carbons (Fsp3) is 0.192. The molecule has 8 nitrogen and oxygen atoms in total. The quantitative estimate of drug-likeness (QED) is 0.361. The molecule has 0 saturated carbocycles. The van der Waals surface area contributed by atoms with E-state index in [1.807, 2.05) is 47.3 Å². The van der Waals surface area contributed by atoms with Crippen molar-refractivity contribution in [3.8, 4) is 34.1 Å². The molecule has 0 amide bonds. The first-order valence-electron chi connectivity index (χ1n) is 11.3. The van der Waals surface area contributed by atoms with Crippen molar-refractivity contribution in [1.82, 2.24) is 24.7 Å². The Morgan fingerprint density at radius 3 is 2.49 bits per heavy atom. The van der Waals surface area contributed by atoms with Crippen LogP contribution in [0.2, 0.25) is 5.02 Å². The number of aliphatic hydroxyl groups is 1. The minimum absolute atomic E-state index is 0.0180. The summed E-state index contributed by atoms with van der Waals surface area (Å²) in [5, 5.41) is 14.0. The molecular formula is C26H22ClN5O3. The van der Waals surface area contributed by atoms with Gasteiger partial charge in [0.15, 0.2) is 5.65 Å². The van der Waals surface area contributed by atoms with E-state index in [9.17, 15) is 5.11 Å². The third-order valence-electron chi connectivity index (χ3n) is 6.06. The molecule has 3 aromatic heterocycles. The molecule has 176 valence electrons. The molecule has 1 aliphatic heterocycles. The van der Waals surface area contributed by atoms with Crippen molar-refractivity contribution in [3.05, 3.63) is 78.1 Å². The highest BCUT2D eigenvalue weighted by atomic mass is 35.5. The van der Waals surface area contributed by atoms with Crippen LogP contribution >= 0.6 is 11.6 Å². The van der Waals surface area contributed by atoms with Crippen molar-refractivity contribution >= 4 is 22.8 Å². The van der Waals surface area contributed by atoms with Gasteiger partial charge in [0, 0.05) is 24.4 Å². The zero-order chi connectivity index (χ0) is 23.8. The van der Waals surface area contributed by atoms with Gasteiger partial charge in [0.1, 0.15) is 6.10 Å². The largest absolute Gasteiger partial charge is 0.459 e. The number of nitrogens with one attached hydrogen (secondary N) is 1. The van der Waals surface area contributed by atoms with Crippen molar-refractivity contribution in [2.24, 2.45) is 0 Å². The van der Waals surface area contributed by atoms with Gasteiger partial charge in [-0.1, -0.05) is 48.0 Å². The van der Waals surface area contributed by atoms with Gasteiger partial charge < -0.3 is 19.6 Å². The number of H-pyrrole nitrogens is 1. The van der Waals surface area contributed by atoms with Gasteiger partial charge in [-0.2, -0.15) is 10.1 Å². The van der Waals surface area contributed by atoms with Crippen LogP contribution in [0, 0.1) is 0 Å². The number of nitrogens with zero attached hydrogens (tertiary/aromatic N) is 4. The predicted molar refractivity (Wildman–Crippen MR) is 133 cm³/mol. The maximum absolute atomic E-state index is 9.23. The average molecular weight is 488 g/mol. The van der Waals surface area contributed by atoms with Crippen LogP contribution in [0.5, 0.6) is 6.01 Å². The Bertz CT molecular complexity index is 1450. The summed E-state index contributed by atoms with van der Waals surface area (Å²) in [4.78, 5) is 12.3. The monoisotopic (exact) mass is 487 g/mol. The van der Waals surface area contributed by atoms with Gasteiger partial charge in [0.2, 0.25) is 0 Å². The smallest absolute Gasteiger partial charge is 0.296 e. The molecule has 0 bridgehead atoms. The second-order valence-electron chi connectivity index (χ2n) is 8.42. The predicted octanol–water partition coefficient (Wildman–Crippen LogP) is 4.66. The third kappa shape index (κ3) is 4.39. The van der Waals surface area contributed by atoms with Crippen LogP contribution in [0.25, 0.3) is 39.2 Å². The Hall–Kier alpha value is -3.72. The van der Waals surface area contributed by atoms with E-state index in [0.717, 1.165) is 22.4 Å². The summed E-state index contributed by atoms with van der Waals surface area (Å²) in [6.07, 6.45) is 3.94. The van der Waals surface area contributed by atoms with Crippen LogP contribution in [0.3, 0.4) is 0 Å². The van der Waals surface area contributed by atoms with Crippen molar-refractivity contribution in [3.63, 3.8) is 0 Å². The average Bonchev–Trinajstić information content (AvgIpc) is 3.65. The Balaban J connectivity index is 1.22. The van der Waals surface area contributed by atoms with Gasteiger partial charge in [0.05, 0.1) is 41.2 Å². The Labute approximate surface area is 206 Å². The molecule has 35 heavy (non-hydrogen) atoms. The summed E-state index contributed by atoms with van der Waals surface area (Å²) in [5.41, 5.74) is 5.98. The van der Waals surface area contributed by atoms with Gasteiger partial charge in [0.25, 0.3) is 6.01 Å². The zero-order valence-electron chi connectivity index (χ0n) is 18.6. The van der Waals surface area contributed by atoms with Crippen LogP contribution in [0.1, 0.15) is 6.42 Å². The van der Waals surface area contributed by atoms with E-state index < -0.39 is 0 Å². The van der Waals surface area contributed by atoms with Crippen LogP contribution in [-0.2, 0) is 4.74 Å². The highest BCUT2D eigenvalue weighted by Crippen LogP contribution is 2.31. The number of fused-ring (bicyclic) bond motifs is 1. The van der Waals surface area contributed by atoms with Gasteiger partial charge >= 0.3 is 0 Å². The molecule has 4 heterocycles. The summed E-state index contributed by atoms with van der Waals surface area (Å²) >= 11 is 6.57. The third-order valence-corrected chi connectivity index (χ3v) is 6.35. The Morgan fingerprint density at radius 2 is 1.80 bits per heavy atom. The number of hydrogen-bond donors (Lipinski definition) is 2. The van der Waals surface area contributed by atoms with Crippen molar-refractivity contribution in [1.29, 1.82) is 0 Å². The fourth-order valence-corrected chi connectivity index (χ4v) is 4.50. The van der Waals surface area contributed by atoms with Crippen molar-refractivity contribution in [2.45, 2.75) is 18.6 Å². The van der Waals surface area contributed by atoms with E-state index in [4.69, 9.17) is 21.1 Å². The number of aromatic amines is 1. The molecule has 0 aliphatic carbocycles. The molecule has 0 spiro atoms. The summed E-state index contributed by atoms with van der Waals surface area (Å²) in [5.74, 6) is 0. The molecule has 9 heteroatoms. The van der Waals surface area contributed by atoms with Gasteiger partial charge in [-0.05, 0) is 35.4 Å². The maximum Gasteiger partial charge on any atom is 0.296 e. The summed E-state index contributed by atoms with van der Waals surface area (Å²) < 4.78 is 13.2. The Kier molecular flexibility index (Phi) is 5.69. The number of ether oxygens (including phenoxy) is 2. The van der Waals surface area contributed by atoms with E-state index in [-0.39, 0.29) is 18.8 Å². The zero-order valence-corrected chi connectivity index (χ0v) is 19.4. The van der Waals surface area contributed by atoms with E-state index in [2.05, 4.69) is 44.3 Å². The first-order valence-corrected chi connectivity index (χ1v) is 11.7. The number of benzene rings is 2. The van der Waals surface area contributed by atoms with Gasteiger partial charge in [-0.3, -0.25) is 0 Å². The molecule has 1 aliphatic rings. The summed E-state index contributed by atoms with van der Waals surface area (Å²) in [6, 6.07) is 20.4. The highest BCUT2D eigenvalue weighted by molar-refractivity contribution is 6.33. The molecule has 1 unspecified atom stereocenters. The van der Waals surface area contributed by atoms with E-state index in [0.29, 0.717) is 40.9 Å². The second-order valence-corrected chi connectivity index (χ2v) is 8.83. The van der Waals surface area contributed by atoms with Gasteiger partial charge in [-0.15, -0.1) is 0 Å². The van der Waals surface area contributed by atoms with Crippen molar-refractivity contribution < 1.29 is 14.6 Å². The molecule has 2 N–H and O–H groups in total. The van der Waals surface area contributed by atoms with Crippen molar-refractivity contribution in [2.75, 3.05) is 13.2 Å². The highest BCUT2D eigenvalue weighted by Gasteiger charge is 2.27. The SMILES string of the molecule is OCC1C[C@H](Oc2nc3nc(-c4ccc(-c5ccc(-n6cccn6)cc5)cc4)c(Cl)cc3[nH]2)CO1. The number of hydrogen-bond acceptors (Lipinski definition) is 6. The van der Waals surface area contributed by atoms with Crippen LogP contribution in [-0.4, -0.2) is 55.3 Å².